The summed E-state index contributed by atoms with van der Waals surface area (Å²) in [6.45, 7) is 1.83. The number of ether oxygens (including phenoxy) is 1. The molecule has 6 heteroatoms. The third-order valence-corrected chi connectivity index (χ3v) is 4.16. The van der Waals surface area contributed by atoms with Gasteiger partial charge < -0.3 is 4.74 Å². The van der Waals surface area contributed by atoms with Crippen LogP contribution in [0.4, 0.5) is 4.39 Å². The summed E-state index contributed by atoms with van der Waals surface area (Å²) in [7, 11) is 1.52. The van der Waals surface area contributed by atoms with Crippen LogP contribution in [0.25, 0.3) is 22.8 Å². The molecule has 26 heavy (non-hydrogen) atoms. The van der Waals surface area contributed by atoms with E-state index in [9.17, 15) is 4.39 Å². The van der Waals surface area contributed by atoms with Crippen LogP contribution in [0.5, 0.6) is 0 Å². The zero-order chi connectivity index (χ0) is 18.5. The van der Waals surface area contributed by atoms with E-state index in [1.807, 2.05) is 31.2 Å². The predicted octanol–water partition coefficient (Wildman–Crippen LogP) is 5.25. The first-order chi connectivity index (χ1) is 12.6. The fourth-order valence-corrected chi connectivity index (χ4v) is 2.54. The van der Waals surface area contributed by atoms with E-state index in [4.69, 9.17) is 16.3 Å². The van der Waals surface area contributed by atoms with Crippen molar-refractivity contribution in [3.8, 4) is 5.69 Å². The number of benzene rings is 2. The van der Waals surface area contributed by atoms with Crippen molar-refractivity contribution in [2.24, 2.45) is 0 Å². The van der Waals surface area contributed by atoms with Crippen molar-refractivity contribution in [1.29, 1.82) is 0 Å². The normalized spacial score (nSPS) is 12.9. The molecule has 0 aliphatic carbocycles. The summed E-state index contributed by atoms with van der Waals surface area (Å²) in [5.41, 5.74) is 2.44. The van der Waals surface area contributed by atoms with Gasteiger partial charge in [0.2, 0.25) is 0 Å². The fourth-order valence-electron chi connectivity index (χ4n) is 2.48. The fraction of sp³-hybridized carbons (Fsp3) is 0.100. The summed E-state index contributed by atoms with van der Waals surface area (Å²) in [6.07, 6.45) is 6.72. The zero-order valence-corrected chi connectivity index (χ0v) is 15.1. The summed E-state index contributed by atoms with van der Waals surface area (Å²) in [6, 6.07) is 12.3. The summed E-state index contributed by atoms with van der Waals surface area (Å²) in [4.78, 5) is 0. The number of methoxy groups -OCH3 is 1. The molecule has 0 radical (unpaired) electrons. The van der Waals surface area contributed by atoms with Gasteiger partial charge in [-0.2, -0.15) is 0 Å². The van der Waals surface area contributed by atoms with Gasteiger partial charge in [0.05, 0.1) is 18.3 Å². The molecule has 0 saturated heterocycles. The van der Waals surface area contributed by atoms with Gasteiger partial charge in [-0.15, -0.1) is 5.10 Å². The first kappa shape index (κ1) is 17.9. The van der Waals surface area contributed by atoms with E-state index >= 15 is 0 Å². The average Bonchev–Trinajstić information content (AvgIpc) is 3.09. The van der Waals surface area contributed by atoms with Crippen molar-refractivity contribution in [2.75, 3.05) is 7.11 Å². The molecule has 0 saturated carbocycles. The van der Waals surface area contributed by atoms with Crippen LogP contribution in [0.15, 0.2) is 71.5 Å². The van der Waals surface area contributed by atoms with Crippen LogP contribution in [-0.4, -0.2) is 22.1 Å². The SMILES string of the molecule is C\C=C(Cl)/C=C\C(=C\c1c(F)cccc1-n1nnc2ccccc21)OC. The Morgan fingerprint density at radius 1 is 1.15 bits per heavy atom. The standard InChI is InChI=1S/C20H17ClFN3O/c1-3-14(21)11-12-15(26-2)13-16-17(22)7-6-10-19(16)25-20-9-5-4-8-18(20)23-24-25/h3-13H,1-2H3/b12-11-,14-3+,15-13-. The lowest BCUT2D eigenvalue weighted by atomic mass is 10.1. The Hall–Kier alpha value is -2.92. The van der Waals surface area contributed by atoms with Crippen molar-refractivity contribution in [3.05, 3.63) is 82.9 Å². The molecule has 0 aliphatic heterocycles. The lowest BCUT2D eigenvalue weighted by Gasteiger charge is -2.09. The summed E-state index contributed by atoms with van der Waals surface area (Å²) < 4.78 is 21.5. The number of para-hydroxylation sites is 1. The van der Waals surface area contributed by atoms with Gasteiger partial charge in [0.15, 0.2) is 0 Å². The van der Waals surface area contributed by atoms with E-state index in [1.54, 1.807) is 41.1 Å². The van der Waals surface area contributed by atoms with Crippen LogP contribution in [0.2, 0.25) is 0 Å². The number of hydrogen-bond donors (Lipinski definition) is 0. The molecule has 0 bridgehead atoms. The van der Waals surface area contributed by atoms with Crippen LogP contribution in [0.1, 0.15) is 12.5 Å². The topological polar surface area (TPSA) is 39.9 Å². The largest absolute Gasteiger partial charge is 0.497 e. The maximum absolute atomic E-state index is 14.6. The first-order valence-electron chi connectivity index (χ1n) is 7.99. The number of aromatic nitrogens is 3. The second-order valence-electron chi connectivity index (χ2n) is 5.42. The minimum absolute atomic E-state index is 0.348. The molecule has 0 spiro atoms. The third kappa shape index (κ3) is 3.68. The summed E-state index contributed by atoms with van der Waals surface area (Å²) in [5, 5.41) is 8.86. The van der Waals surface area contributed by atoms with E-state index in [1.165, 1.54) is 13.2 Å². The van der Waals surface area contributed by atoms with Gasteiger partial charge >= 0.3 is 0 Å². The van der Waals surface area contributed by atoms with Gasteiger partial charge in [-0.3, -0.25) is 0 Å². The molecule has 0 fully saturated rings. The molecular weight excluding hydrogens is 353 g/mol. The molecule has 3 rings (SSSR count). The van der Waals surface area contributed by atoms with Crippen molar-refractivity contribution in [3.63, 3.8) is 0 Å². The Bertz CT molecular complexity index is 1020. The highest BCUT2D eigenvalue weighted by atomic mass is 35.5. The van der Waals surface area contributed by atoms with E-state index in [0.717, 1.165) is 11.0 Å². The minimum atomic E-state index is -0.387. The Labute approximate surface area is 155 Å². The van der Waals surface area contributed by atoms with Crippen LogP contribution < -0.4 is 0 Å². The van der Waals surface area contributed by atoms with Crippen LogP contribution in [-0.2, 0) is 4.74 Å². The number of allylic oxidation sites excluding steroid dienone is 4. The second kappa shape index (κ2) is 7.97. The number of fused-ring (bicyclic) bond motifs is 1. The maximum atomic E-state index is 14.6. The van der Waals surface area contributed by atoms with E-state index < -0.39 is 0 Å². The van der Waals surface area contributed by atoms with E-state index in [0.29, 0.717) is 22.0 Å². The summed E-state index contributed by atoms with van der Waals surface area (Å²) >= 11 is 5.97. The van der Waals surface area contributed by atoms with E-state index in [2.05, 4.69) is 10.3 Å². The first-order valence-corrected chi connectivity index (χ1v) is 8.36. The van der Waals surface area contributed by atoms with Crippen molar-refractivity contribution in [2.45, 2.75) is 6.92 Å². The van der Waals surface area contributed by atoms with Gasteiger partial charge in [0, 0.05) is 10.6 Å². The molecule has 0 atom stereocenters. The van der Waals surface area contributed by atoms with Gasteiger partial charge in [0.1, 0.15) is 17.1 Å². The molecule has 1 aromatic heterocycles. The Balaban J connectivity index is 2.14. The molecule has 0 aliphatic rings. The number of hydrogen-bond acceptors (Lipinski definition) is 3. The van der Waals surface area contributed by atoms with Gasteiger partial charge in [-0.05, 0) is 49.4 Å². The third-order valence-electron chi connectivity index (χ3n) is 3.81. The molecule has 3 aromatic rings. The maximum Gasteiger partial charge on any atom is 0.132 e. The van der Waals surface area contributed by atoms with Crippen LogP contribution in [0.3, 0.4) is 0 Å². The molecule has 2 aromatic carbocycles. The van der Waals surface area contributed by atoms with Gasteiger partial charge in [-0.25, -0.2) is 9.07 Å². The number of rotatable bonds is 5. The highest BCUT2D eigenvalue weighted by Crippen LogP contribution is 2.24. The Morgan fingerprint density at radius 3 is 2.73 bits per heavy atom. The molecule has 0 unspecified atom stereocenters. The molecule has 0 N–H and O–H groups in total. The van der Waals surface area contributed by atoms with Crippen molar-refractivity contribution in [1.82, 2.24) is 15.0 Å². The van der Waals surface area contributed by atoms with Crippen molar-refractivity contribution >= 4 is 28.7 Å². The molecule has 132 valence electrons. The Kier molecular flexibility index (Phi) is 5.49. The molecular formula is C20H17ClFN3O. The lowest BCUT2D eigenvalue weighted by molar-refractivity contribution is 0.310. The number of halogens is 2. The molecule has 1 heterocycles. The number of nitrogens with zero attached hydrogens (tertiary/aromatic N) is 3. The van der Waals surface area contributed by atoms with Crippen LogP contribution >= 0.6 is 11.6 Å². The van der Waals surface area contributed by atoms with Crippen LogP contribution in [0, 0.1) is 5.82 Å². The van der Waals surface area contributed by atoms with E-state index in [-0.39, 0.29) is 5.82 Å². The smallest absolute Gasteiger partial charge is 0.132 e. The molecule has 0 amide bonds. The average molecular weight is 370 g/mol. The highest BCUT2D eigenvalue weighted by molar-refractivity contribution is 6.31. The predicted molar refractivity (Wildman–Crippen MR) is 103 cm³/mol. The van der Waals surface area contributed by atoms with Crippen molar-refractivity contribution < 1.29 is 9.13 Å². The van der Waals surface area contributed by atoms with Gasteiger partial charge in [-0.1, -0.05) is 41.1 Å². The zero-order valence-electron chi connectivity index (χ0n) is 14.4. The monoisotopic (exact) mass is 369 g/mol. The lowest BCUT2D eigenvalue weighted by Crippen LogP contribution is -2.02. The minimum Gasteiger partial charge on any atom is -0.497 e. The molecule has 4 nitrogen and oxygen atoms in total. The quantitative estimate of drug-likeness (QED) is 0.455. The highest BCUT2D eigenvalue weighted by Gasteiger charge is 2.13. The Morgan fingerprint density at radius 2 is 1.96 bits per heavy atom. The second-order valence-corrected chi connectivity index (χ2v) is 5.86. The summed E-state index contributed by atoms with van der Waals surface area (Å²) in [5.74, 6) is 0.0722. The van der Waals surface area contributed by atoms with Gasteiger partial charge in [0.25, 0.3) is 0 Å².